The van der Waals surface area contributed by atoms with Gasteiger partial charge in [0.15, 0.2) is 0 Å². The van der Waals surface area contributed by atoms with Gasteiger partial charge in [-0.25, -0.2) is 9.63 Å². The topological polar surface area (TPSA) is 62.5 Å². The zero-order valence-electron chi connectivity index (χ0n) is 12.3. The highest BCUT2D eigenvalue weighted by Gasteiger charge is 2.32. The van der Waals surface area contributed by atoms with Crippen LogP contribution in [0.15, 0.2) is 39.5 Å². The summed E-state index contributed by atoms with van der Waals surface area (Å²) in [5, 5.41) is 11.6. The molecule has 2 N–H and O–H groups in total. The van der Waals surface area contributed by atoms with E-state index >= 15 is 0 Å². The van der Waals surface area contributed by atoms with Gasteiger partial charge in [0.1, 0.15) is 5.58 Å². The van der Waals surface area contributed by atoms with E-state index in [1.807, 2.05) is 18.2 Å². The Kier molecular flexibility index (Phi) is 4.52. The predicted molar refractivity (Wildman–Crippen MR) is 87.0 cm³/mol. The highest BCUT2D eigenvalue weighted by Crippen LogP contribution is 2.33. The number of hydrogen-bond donors (Lipinski definition) is 2. The molecule has 3 rings (SSSR count). The summed E-state index contributed by atoms with van der Waals surface area (Å²) in [6, 6.07) is 9.33. The van der Waals surface area contributed by atoms with Crippen LogP contribution in [0.3, 0.4) is 0 Å². The molecular weight excluding hydrogens is 302 g/mol. The van der Waals surface area contributed by atoms with Gasteiger partial charge >= 0.3 is 5.63 Å². The zero-order chi connectivity index (χ0) is 15.6. The first-order chi connectivity index (χ1) is 10.6. The summed E-state index contributed by atoms with van der Waals surface area (Å²) < 4.78 is 5.34. The van der Waals surface area contributed by atoms with Gasteiger partial charge in [-0.2, -0.15) is 0 Å². The Labute approximate surface area is 134 Å². The Balaban J connectivity index is 1.74. The molecule has 22 heavy (non-hydrogen) atoms. The SMILES string of the molecule is O=c1ccc2cccc(CCC3(O)CCC(NCl)CC3)c2o1. The molecule has 0 unspecified atom stereocenters. The number of rotatable bonds is 4. The van der Waals surface area contributed by atoms with Crippen LogP contribution in [0, 0.1) is 0 Å². The van der Waals surface area contributed by atoms with Gasteiger partial charge in [0.25, 0.3) is 0 Å². The summed E-state index contributed by atoms with van der Waals surface area (Å²) >= 11 is 5.65. The number of para-hydroxylation sites is 1. The molecule has 118 valence electrons. The van der Waals surface area contributed by atoms with Gasteiger partial charge in [0.05, 0.1) is 5.60 Å². The minimum Gasteiger partial charge on any atom is -0.422 e. The number of nitrogens with one attached hydrogen (secondary N) is 1. The van der Waals surface area contributed by atoms with Crippen LogP contribution in [0.25, 0.3) is 11.0 Å². The Morgan fingerprint density at radius 2 is 2.05 bits per heavy atom. The molecule has 0 bridgehead atoms. The molecule has 0 saturated heterocycles. The van der Waals surface area contributed by atoms with Crippen LogP contribution in [-0.2, 0) is 6.42 Å². The molecule has 1 aliphatic rings. The van der Waals surface area contributed by atoms with E-state index in [2.05, 4.69) is 4.84 Å². The molecule has 1 aromatic heterocycles. The van der Waals surface area contributed by atoms with Gasteiger partial charge < -0.3 is 9.52 Å². The Hall–Kier alpha value is -1.36. The molecular formula is C17H20ClNO3. The molecule has 1 aliphatic carbocycles. The van der Waals surface area contributed by atoms with Gasteiger partial charge in [0.2, 0.25) is 0 Å². The minimum absolute atomic E-state index is 0.289. The third-order valence-electron chi connectivity index (χ3n) is 4.66. The third kappa shape index (κ3) is 3.35. The first kappa shape index (κ1) is 15.5. The molecule has 0 amide bonds. The molecule has 0 atom stereocenters. The molecule has 1 fully saturated rings. The molecule has 4 nitrogen and oxygen atoms in total. The normalized spacial score (nSPS) is 25.5. The van der Waals surface area contributed by atoms with E-state index in [-0.39, 0.29) is 11.7 Å². The number of benzene rings is 1. The molecule has 0 radical (unpaired) electrons. The lowest BCUT2D eigenvalue weighted by molar-refractivity contribution is -0.00874. The summed E-state index contributed by atoms with van der Waals surface area (Å²) in [4.78, 5) is 14.2. The quantitative estimate of drug-likeness (QED) is 0.671. The van der Waals surface area contributed by atoms with E-state index in [1.165, 1.54) is 6.07 Å². The molecule has 2 aromatic rings. The minimum atomic E-state index is -0.651. The van der Waals surface area contributed by atoms with Crippen LogP contribution in [0.4, 0.5) is 0 Å². The van der Waals surface area contributed by atoms with E-state index in [9.17, 15) is 9.90 Å². The van der Waals surface area contributed by atoms with E-state index in [0.717, 1.165) is 36.6 Å². The van der Waals surface area contributed by atoms with Crippen LogP contribution >= 0.6 is 11.8 Å². The summed E-state index contributed by atoms with van der Waals surface area (Å²) in [5.74, 6) is 0. The van der Waals surface area contributed by atoms with Crippen molar-refractivity contribution in [1.82, 2.24) is 4.84 Å². The lowest BCUT2D eigenvalue weighted by atomic mass is 9.79. The molecule has 5 heteroatoms. The van der Waals surface area contributed by atoms with Crippen LogP contribution in [0.2, 0.25) is 0 Å². The number of aryl methyl sites for hydroxylation is 1. The highest BCUT2D eigenvalue weighted by atomic mass is 35.5. The highest BCUT2D eigenvalue weighted by molar-refractivity contribution is 6.13. The first-order valence-electron chi connectivity index (χ1n) is 7.70. The van der Waals surface area contributed by atoms with Crippen LogP contribution in [-0.4, -0.2) is 16.7 Å². The summed E-state index contributed by atoms with van der Waals surface area (Å²) in [7, 11) is 0. The fourth-order valence-electron chi connectivity index (χ4n) is 3.23. The second-order valence-corrected chi connectivity index (χ2v) is 6.42. The summed E-state index contributed by atoms with van der Waals surface area (Å²) in [6.45, 7) is 0. The number of aliphatic hydroxyl groups is 1. The molecule has 1 saturated carbocycles. The fraction of sp³-hybridized carbons (Fsp3) is 0.471. The maximum Gasteiger partial charge on any atom is 0.336 e. The van der Waals surface area contributed by atoms with Gasteiger partial charge in [-0.05, 0) is 61.9 Å². The van der Waals surface area contributed by atoms with E-state index in [4.69, 9.17) is 16.2 Å². The van der Waals surface area contributed by atoms with Crippen molar-refractivity contribution < 1.29 is 9.52 Å². The fourth-order valence-corrected chi connectivity index (χ4v) is 3.45. The molecule has 1 heterocycles. The van der Waals surface area contributed by atoms with Crippen molar-refractivity contribution >= 4 is 22.7 Å². The lowest BCUT2D eigenvalue weighted by Crippen LogP contribution is -2.39. The van der Waals surface area contributed by atoms with Crippen LogP contribution in [0.5, 0.6) is 0 Å². The first-order valence-corrected chi connectivity index (χ1v) is 8.08. The van der Waals surface area contributed by atoms with Crippen LogP contribution < -0.4 is 10.5 Å². The number of fused-ring (bicyclic) bond motifs is 1. The Bertz CT molecular complexity index is 704. The standard InChI is InChI=1S/C17H20ClNO3/c18-19-14-7-10-17(21,11-8-14)9-6-13-3-1-2-12-4-5-15(20)22-16(12)13/h1-5,14,19,21H,6-11H2. The summed E-state index contributed by atoms with van der Waals surface area (Å²) in [5.41, 5.74) is 0.616. The van der Waals surface area contributed by atoms with Crippen molar-refractivity contribution in [2.24, 2.45) is 0 Å². The van der Waals surface area contributed by atoms with E-state index in [0.29, 0.717) is 18.4 Å². The number of halogens is 1. The van der Waals surface area contributed by atoms with Crippen molar-refractivity contribution in [2.75, 3.05) is 0 Å². The smallest absolute Gasteiger partial charge is 0.336 e. The average molecular weight is 322 g/mol. The van der Waals surface area contributed by atoms with Crippen molar-refractivity contribution in [3.05, 3.63) is 46.3 Å². The second-order valence-electron chi connectivity index (χ2n) is 6.20. The van der Waals surface area contributed by atoms with Crippen molar-refractivity contribution in [1.29, 1.82) is 0 Å². The Morgan fingerprint density at radius 1 is 1.27 bits per heavy atom. The molecule has 1 aromatic carbocycles. The average Bonchev–Trinajstić information content (AvgIpc) is 2.54. The van der Waals surface area contributed by atoms with E-state index in [1.54, 1.807) is 6.07 Å². The largest absolute Gasteiger partial charge is 0.422 e. The lowest BCUT2D eigenvalue weighted by Gasteiger charge is -2.35. The zero-order valence-corrected chi connectivity index (χ0v) is 13.1. The monoisotopic (exact) mass is 321 g/mol. The Morgan fingerprint density at radius 3 is 2.77 bits per heavy atom. The van der Waals surface area contributed by atoms with Gasteiger partial charge in [0, 0.05) is 17.5 Å². The van der Waals surface area contributed by atoms with Crippen molar-refractivity contribution in [3.8, 4) is 0 Å². The maximum absolute atomic E-state index is 11.4. The predicted octanol–water partition coefficient (Wildman–Crippen LogP) is 3.14. The van der Waals surface area contributed by atoms with Gasteiger partial charge in [-0.3, -0.25) is 0 Å². The van der Waals surface area contributed by atoms with E-state index < -0.39 is 5.60 Å². The summed E-state index contributed by atoms with van der Waals surface area (Å²) in [6.07, 6.45) is 4.60. The number of hydrogen-bond acceptors (Lipinski definition) is 4. The van der Waals surface area contributed by atoms with Crippen LogP contribution in [0.1, 0.15) is 37.7 Å². The van der Waals surface area contributed by atoms with Gasteiger partial charge in [-0.15, -0.1) is 0 Å². The molecule has 0 spiro atoms. The maximum atomic E-state index is 11.4. The third-order valence-corrected chi connectivity index (χ3v) is 4.97. The second kappa shape index (κ2) is 6.41. The van der Waals surface area contributed by atoms with Crippen molar-refractivity contribution in [3.63, 3.8) is 0 Å². The molecule has 0 aliphatic heterocycles. The van der Waals surface area contributed by atoms with Crippen molar-refractivity contribution in [2.45, 2.75) is 50.2 Å². The van der Waals surface area contributed by atoms with Gasteiger partial charge in [-0.1, -0.05) is 18.2 Å².